The highest BCUT2D eigenvalue weighted by molar-refractivity contribution is 6.35. The van der Waals surface area contributed by atoms with Crippen LogP contribution in [0.5, 0.6) is 5.75 Å². The van der Waals surface area contributed by atoms with Crippen LogP contribution in [0.25, 0.3) is 0 Å². The number of carbonyl (C=O) groups is 2. The van der Waals surface area contributed by atoms with Gasteiger partial charge in [-0.1, -0.05) is 64.7 Å². The van der Waals surface area contributed by atoms with Crippen molar-refractivity contribution in [1.29, 1.82) is 0 Å². The molecule has 1 heterocycles. The summed E-state index contributed by atoms with van der Waals surface area (Å²) in [5.41, 5.74) is 3.92. The lowest BCUT2D eigenvalue weighted by Crippen LogP contribution is -2.44. The van der Waals surface area contributed by atoms with Crippen LogP contribution in [0.2, 0.25) is 10.0 Å². The van der Waals surface area contributed by atoms with Crippen LogP contribution in [0.4, 0.5) is 0 Å². The second-order valence-corrected chi connectivity index (χ2v) is 13.1. The van der Waals surface area contributed by atoms with Gasteiger partial charge in [0.25, 0.3) is 0 Å². The van der Waals surface area contributed by atoms with Crippen molar-refractivity contribution in [3.05, 3.63) is 50.3 Å². The van der Waals surface area contributed by atoms with Crippen LogP contribution in [0.1, 0.15) is 85.6 Å². The number of rotatable bonds is 5. The number of hydrogen-bond acceptors (Lipinski definition) is 4. The van der Waals surface area contributed by atoms with E-state index in [2.05, 4.69) is 53.4 Å². The lowest BCUT2D eigenvalue weighted by Gasteiger charge is -2.49. The van der Waals surface area contributed by atoms with Gasteiger partial charge < -0.3 is 9.64 Å². The van der Waals surface area contributed by atoms with E-state index in [0.717, 1.165) is 29.8 Å². The predicted octanol–water partition coefficient (Wildman–Crippen LogP) is 7.73. The van der Waals surface area contributed by atoms with Crippen LogP contribution in [0.3, 0.4) is 0 Å². The first-order chi connectivity index (χ1) is 16.2. The number of Topliss-reactive ketones (excluding diaryl/α,β-unsaturated/α-hetero) is 2. The topological polar surface area (TPSA) is 46.6 Å². The van der Waals surface area contributed by atoms with E-state index in [1.807, 2.05) is 6.07 Å². The van der Waals surface area contributed by atoms with E-state index in [1.54, 1.807) is 6.07 Å². The number of nitrogens with zero attached hydrogens (tertiary/aromatic N) is 1. The minimum atomic E-state index is -0.520. The fourth-order valence-corrected chi connectivity index (χ4v) is 6.50. The lowest BCUT2D eigenvalue weighted by molar-refractivity contribution is -0.119. The van der Waals surface area contributed by atoms with E-state index in [-0.39, 0.29) is 28.3 Å². The molecule has 0 fully saturated rings. The molecule has 190 valence electrons. The van der Waals surface area contributed by atoms with E-state index < -0.39 is 5.92 Å². The number of hydrogen-bond donors (Lipinski definition) is 0. The lowest BCUT2D eigenvalue weighted by atomic mass is 9.63. The highest BCUT2D eigenvalue weighted by Crippen LogP contribution is 2.56. The zero-order valence-electron chi connectivity index (χ0n) is 22.0. The third-order valence-electron chi connectivity index (χ3n) is 7.25. The van der Waals surface area contributed by atoms with Gasteiger partial charge >= 0.3 is 0 Å². The van der Waals surface area contributed by atoms with Crippen LogP contribution < -0.4 is 4.74 Å². The molecule has 0 saturated heterocycles. The second kappa shape index (κ2) is 9.27. The fourth-order valence-electron chi connectivity index (χ4n) is 5.94. The molecule has 0 aromatic heterocycles. The summed E-state index contributed by atoms with van der Waals surface area (Å²) < 4.78 is 6.23. The summed E-state index contributed by atoms with van der Waals surface area (Å²) in [5, 5.41) is 0.874. The minimum Gasteiger partial charge on any atom is -0.491 e. The van der Waals surface area contributed by atoms with Gasteiger partial charge in [0.2, 0.25) is 0 Å². The molecule has 0 radical (unpaired) electrons. The Morgan fingerprint density at radius 2 is 1.46 bits per heavy atom. The quantitative estimate of drug-likeness (QED) is 0.400. The third-order valence-corrected chi connectivity index (χ3v) is 7.75. The Bertz CT molecular complexity index is 1090. The number of ether oxygens (including phenoxy) is 1. The van der Waals surface area contributed by atoms with Gasteiger partial charge in [0.05, 0.1) is 11.6 Å². The van der Waals surface area contributed by atoms with Crippen molar-refractivity contribution >= 4 is 34.8 Å². The van der Waals surface area contributed by atoms with Gasteiger partial charge in [0.1, 0.15) is 5.75 Å². The largest absolute Gasteiger partial charge is 0.491 e. The zero-order valence-corrected chi connectivity index (χ0v) is 23.5. The van der Waals surface area contributed by atoms with Crippen LogP contribution in [-0.4, -0.2) is 29.6 Å². The number of benzene rings is 1. The summed E-state index contributed by atoms with van der Waals surface area (Å²) in [6, 6.07) is 3.51. The van der Waals surface area contributed by atoms with Gasteiger partial charge in [-0.3, -0.25) is 9.59 Å². The van der Waals surface area contributed by atoms with Crippen molar-refractivity contribution in [3.8, 4) is 5.75 Å². The van der Waals surface area contributed by atoms with E-state index in [4.69, 9.17) is 27.9 Å². The highest BCUT2D eigenvalue weighted by Gasteiger charge is 2.49. The fraction of sp³-hybridized carbons (Fsp3) is 0.586. The number of ketones is 2. The maximum atomic E-state index is 13.8. The van der Waals surface area contributed by atoms with E-state index >= 15 is 0 Å². The molecule has 0 saturated carbocycles. The van der Waals surface area contributed by atoms with Crippen molar-refractivity contribution in [2.75, 3.05) is 13.2 Å². The predicted molar refractivity (Wildman–Crippen MR) is 142 cm³/mol. The molecule has 3 aliphatic rings. The number of carbonyl (C=O) groups excluding carboxylic acids is 2. The highest BCUT2D eigenvalue weighted by atomic mass is 35.5. The van der Waals surface area contributed by atoms with Crippen molar-refractivity contribution in [2.24, 2.45) is 16.7 Å². The molecule has 0 N–H and O–H groups in total. The van der Waals surface area contributed by atoms with Crippen LogP contribution in [0.15, 0.2) is 34.7 Å². The molecule has 0 atom stereocenters. The molecule has 2 aliphatic carbocycles. The summed E-state index contributed by atoms with van der Waals surface area (Å²) >= 11 is 13.2. The second-order valence-electron chi connectivity index (χ2n) is 12.3. The monoisotopic (exact) mass is 517 g/mol. The van der Waals surface area contributed by atoms with E-state index in [0.29, 0.717) is 52.9 Å². The molecule has 1 aliphatic heterocycles. The first kappa shape index (κ1) is 26.3. The molecule has 0 amide bonds. The smallest absolute Gasteiger partial charge is 0.162 e. The standard InChI is InChI=1S/C29H37Cl2NO3/c1-8-32-20-11-28(4,5)13-22(33)25(20)24(26-21(32)12-29(6,7)14-23(26)34)18-9-17(30)10-19(31)27(18)35-15-16(2)3/h9-10,16,24H,8,11-15H2,1-7H3. The summed E-state index contributed by atoms with van der Waals surface area (Å²) in [6.45, 7) is 16.0. The van der Waals surface area contributed by atoms with E-state index in [1.165, 1.54) is 0 Å². The molecule has 1 aromatic rings. The van der Waals surface area contributed by atoms with Gasteiger partial charge in [-0.15, -0.1) is 0 Å². The Morgan fingerprint density at radius 1 is 0.943 bits per heavy atom. The van der Waals surface area contributed by atoms with Gasteiger partial charge in [0.15, 0.2) is 11.6 Å². The summed E-state index contributed by atoms with van der Waals surface area (Å²) in [5.74, 6) is 0.474. The summed E-state index contributed by atoms with van der Waals surface area (Å²) in [7, 11) is 0. The summed E-state index contributed by atoms with van der Waals surface area (Å²) in [4.78, 5) is 29.9. The molecule has 0 spiro atoms. The van der Waals surface area contributed by atoms with Gasteiger partial charge in [-0.25, -0.2) is 0 Å². The molecule has 1 aromatic carbocycles. The summed E-state index contributed by atoms with van der Waals surface area (Å²) in [6.07, 6.45) is 2.44. The Balaban J connectivity index is 2.03. The van der Waals surface area contributed by atoms with Crippen molar-refractivity contribution in [3.63, 3.8) is 0 Å². The molecule has 0 unspecified atom stereocenters. The SMILES string of the molecule is CCN1C2=C(C(=O)CC(C)(C)C2)C(c2cc(Cl)cc(Cl)c2OCC(C)C)C2=C1CC(C)(C)CC2=O. The molecular formula is C29H37Cl2NO3. The Kier molecular flexibility index (Phi) is 6.96. The maximum Gasteiger partial charge on any atom is 0.162 e. The first-order valence-electron chi connectivity index (χ1n) is 12.7. The Labute approximate surface area is 219 Å². The molecule has 0 bridgehead atoms. The third kappa shape index (κ3) is 4.93. The van der Waals surface area contributed by atoms with Crippen molar-refractivity contribution < 1.29 is 14.3 Å². The molecular weight excluding hydrogens is 481 g/mol. The van der Waals surface area contributed by atoms with Gasteiger partial charge in [0, 0.05) is 58.4 Å². The zero-order chi connectivity index (χ0) is 25.9. The van der Waals surface area contributed by atoms with Crippen LogP contribution >= 0.6 is 23.2 Å². The Morgan fingerprint density at radius 3 is 1.91 bits per heavy atom. The van der Waals surface area contributed by atoms with Crippen molar-refractivity contribution in [2.45, 2.75) is 80.1 Å². The van der Waals surface area contributed by atoms with Crippen molar-refractivity contribution in [1.82, 2.24) is 4.90 Å². The van der Waals surface area contributed by atoms with Crippen LogP contribution in [0, 0.1) is 16.7 Å². The maximum absolute atomic E-state index is 13.8. The normalized spacial score (nSPS) is 22.1. The minimum absolute atomic E-state index is 0.0924. The van der Waals surface area contributed by atoms with Crippen LogP contribution in [-0.2, 0) is 9.59 Å². The Hall–Kier alpha value is -1.78. The van der Waals surface area contributed by atoms with E-state index in [9.17, 15) is 9.59 Å². The molecule has 35 heavy (non-hydrogen) atoms. The average molecular weight is 519 g/mol. The average Bonchev–Trinajstić information content (AvgIpc) is 2.69. The van der Waals surface area contributed by atoms with Gasteiger partial charge in [-0.05, 0) is 48.6 Å². The van der Waals surface area contributed by atoms with Gasteiger partial charge in [-0.2, -0.15) is 0 Å². The molecule has 6 heteroatoms. The number of allylic oxidation sites excluding steroid dienone is 4. The number of halogens is 2. The first-order valence-corrected chi connectivity index (χ1v) is 13.4. The molecule has 4 nitrogen and oxygen atoms in total. The molecule has 4 rings (SSSR count).